The normalized spacial score (nSPS) is 16.1. The van der Waals surface area contributed by atoms with E-state index in [0.717, 1.165) is 38.3 Å². The van der Waals surface area contributed by atoms with Crippen molar-refractivity contribution in [3.05, 3.63) is 23.3 Å². The van der Waals surface area contributed by atoms with Gasteiger partial charge in [-0.25, -0.2) is 4.79 Å². The van der Waals surface area contributed by atoms with Gasteiger partial charge in [0.25, 0.3) is 0 Å². The molecule has 0 unspecified atom stereocenters. The van der Waals surface area contributed by atoms with Crippen molar-refractivity contribution in [3.8, 4) is 11.5 Å². The SMILES string of the molecule is COc1cc(O)c(C(=O)O)cc1CCN1CCNCC1. The van der Waals surface area contributed by atoms with E-state index < -0.39 is 5.97 Å². The van der Waals surface area contributed by atoms with Crippen LogP contribution < -0.4 is 10.1 Å². The summed E-state index contributed by atoms with van der Waals surface area (Å²) in [4.78, 5) is 13.4. The maximum absolute atomic E-state index is 11.1. The largest absolute Gasteiger partial charge is 0.507 e. The number of carboxylic acid groups (broad SMARTS) is 1. The van der Waals surface area contributed by atoms with Crippen LogP contribution in [0.2, 0.25) is 0 Å². The number of nitrogens with one attached hydrogen (secondary N) is 1. The summed E-state index contributed by atoms with van der Waals surface area (Å²) in [7, 11) is 1.52. The summed E-state index contributed by atoms with van der Waals surface area (Å²) >= 11 is 0. The highest BCUT2D eigenvalue weighted by atomic mass is 16.5. The third kappa shape index (κ3) is 3.40. The van der Waals surface area contributed by atoms with Gasteiger partial charge in [-0.05, 0) is 18.1 Å². The maximum atomic E-state index is 11.1. The molecule has 110 valence electrons. The molecule has 0 bridgehead atoms. The monoisotopic (exact) mass is 280 g/mol. The summed E-state index contributed by atoms with van der Waals surface area (Å²) in [6, 6.07) is 2.87. The van der Waals surface area contributed by atoms with Gasteiger partial charge < -0.3 is 25.2 Å². The molecule has 1 aromatic carbocycles. The van der Waals surface area contributed by atoms with Gasteiger partial charge in [-0.3, -0.25) is 0 Å². The molecule has 1 aliphatic rings. The molecule has 1 saturated heterocycles. The molecular weight excluding hydrogens is 260 g/mol. The summed E-state index contributed by atoms with van der Waals surface area (Å²) < 4.78 is 5.22. The minimum Gasteiger partial charge on any atom is -0.507 e. The van der Waals surface area contributed by atoms with Crippen molar-refractivity contribution in [2.24, 2.45) is 0 Å². The topological polar surface area (TPSA) is 82.0 Å². The number of ether oxygens (including phenoxy) is 1. The van der Waals surface area contributed by atoms with Crippen LogP contribution in [0.5, 0.6) is 11.5 Å². The molecule has 0 saturated carbocycles. The van der Waals surface area contributed by atoms with Crippen molar-refractivity contribution < 1.29 is 19.7 Å². The number of carboxylic acids is 1. The van der Waals surface area contributed by atoms with E-state index in [9.17, 15) is 9.90 Å². The molecule has 1 aromatic rings. The molecule has 3 N–H and O–H groups in total. The van der Waals surface area contributed by atoms with Crippen LogP contribution in [0, 0.1) is 0 Å². The minimum atomic E-state index is -1.13. The first-order valence-electron chi connectivity index (χ1n) is 6.68. The molecular formula is C14H20N2O4. The van der Waals surface area contributed by atoms with Crippen LogP contribution in [-0.2, 0) is 6.42 Å². The third-order valence-corrected chi connectivity index (χ3v) is 3.54. The maximum Gasteiger partial charge on any atom is 0.339 e. The second kappa shape index (κ2) is 6.58. The Morgan fingerprint density at radius 1 is 1.40 bits per heavy atom. The van der Waals surface area contributed by atoms with E-state index in [2.05, 4.69) is 10.2 Å². The molecule has 0 spiro atoms. The van der Waals surface area contributed by atoms with E-state index in [0.29, 0.717) is 12.2 Å². The van der Waals surface area contributed by atoms with E-state index in [4.69, 9.17) is 9.84 Å². The average molecular weight is 280 g/mol. The summed E-state index contributed by atoms with van der Waals surface area (Å²) in [5.74, 6) is -0.864. The number of hydrogen-bond acceptors (Lipinski definition) is 5. The molecule has 1 aliphatic heterocycles. The Hall–Kier alpha value is -1.79. The fraction of sp³-hybridized carbons (Fsp3) is 0.500. The zero-order valence-electron chi connectivity index (χ0n) is 11.6. The lowest BCUT2D eigenvalue weighted by atomic mass is 10.0. The lowest BCUT2D eigenvalue weighted by Crippen LogP contribution is -2.44. The molecule has 0 amide bonds. The first kappa shape index (κ1) is 14.6. The second-order valence-electron chi connectivity index (χ2n) is 4.83. The van der Waals surface area contributed by atoms with Gasteiger partial charge >= 0.3 is 5.97 Å². The summed E-state index contributed by atoms with van der Waals surface area (Å²) in [6.07, 6.45) is 0.698. The lowest BCUT2D eigenvalue weighted by molar-refractivity contribution is 0.0693. The Balaban J connectivity index is 2.12. The Morgan fingerprint density at radius 2 is 2.10 bits per heavy atom. The number of phenols is 1. The van der Waals surface area contributed by atoms with E-state index >= 15 is 0 Å². The number of benzene rings is 1. The van der Waals surface area contributed by atoms with E-state index in [1.165, 1.54) is 19.2 Å². The fourth-order valence-corrected chi connectivity index (χ4v) is 2.38. The van der Waals surface area contributed by atoms with E-state index in [1.807, 2.05) is 0 Å². The highest BCUT2D eigenvalue weighted by molar-refractivity contribution is 5.91. The Kier molecular flexibility index (Phi) is 4.81. The summed E-state index contributed by atoms with van der Waals surface area (Å²) in [5.41, 5.74) is 0.724. The number of nitrogens with zero attached hydrogens (tertiary/aromatic N) is 1. The minimum absolute atomic E-state index is 0.0823. The number of aromatic carboxylic acids is 1. The number of carbonyl (C=O) groups is 1. The lowest BCUT2D eigenvalue weighted by Gasteiger charge is -2.27. The smallest absolute Gasteiger partial charge is 0.339 e. The van der Waals surface area contributed by atoms with Crippen LogP contribution in [0.25, 0.3) is 0 Å². The molecule has 0 aromatic heterocycles. The van der Waals surface area contributed by atoms with Gasteiger partial charge in [-0.2, -0.15) is 0 Å². The zero-order valence-corrected chi connectivity index (χ0v) is 11.6. The van der Waals surface area contributed by atoms with Crippen molar-refractivity contribution in [3.63, 3.8) is 0 Å². The average Bonchev–Trinajstić information content (AvgIpc) is 2.46. The van der Waals surface area contributed by atoms with Crippen molar-refractivity contribution >= 4 is 5.97 Å². The van der Waals surface area contributed by atoms with E-state index in [-0.39, 0.29) is 11.3 Å². The predicted octanol–water partition coefficient (Wildman–Crippen LogP) is 0.547. The number of hydrogen-bond donors (Lipinski definition) is 3. The van der Waals surface area contributed by atoms with Crippen LogP contribution in [0.4, 0.5) is 0 Å². The molecule has 0 aliphatic carbocycles. The van der Waals surface area contributed by atoms with Crippen molar-refractivity contribution in [2.75, 3.05) is 39.8 Å². The quantitative estimate of drug-likeness (QED) is 0.730. The number of methoxy groups -OCH3 is 1. The summed E-state index contributed by atoms with van der Waals surface area (Å²) in [5, 5.41) is 22.0. The first-order valence-corrected chi connectivity index (χ1v) is 6.68. The Bertz CT molecular complexity index is 484. The summed E-state index contributed by atoms with van der Waals surface area (Å²) in [6.45, 7) is 4.79. The highest BCUT2D eigenvalue weighted by Crippen LogP contribution is 2.28. The zero-order chi connectivity index (χ0) is 14.5. The molecule has 1 fully saturated rings. The van der Waals surface area contributed by atoms with Crippen molar-refractivity contribution in [2.45, 2.75) is 6.42 Å². The van der Waals surface area contributed by atoms with Crippen LogP contribution >= 0.6 is 0 Å². The van der Waals surface area contributed by atoms with Crippen molar-refractivity contribution in [1.29, 1.82) is 0 Å². The van der Waals surface area contributed by atoms with Gasteiger partial charge in [0.15, 0.2) is 0 Å². The fourth-order valence-electron chi connectivity index (χ4n) is 2.38. The Labute approximate surface area is 118 Å². The standard InChI is InChI=1S/C14H20N2O4/c1-20-13-9-12(17)11(14(18)19)8-10(13)2-5-16-6-3-15-4-7-16/h8-9,15,17H,2-7H2,1H3,(H,18,19). The molecule has 1 heterocycles. The third-order valence-electron chi connectivity index (χ3n) is 3.54. The van der Waals surface area contributed by atoms with Gasteiger partial charge in [0.05, 0.1) is 7.11 Å². The van der Waals surface area contributed by atoms with Gasteiger partial charge in [-0.15, -0.1) is 0 Å². The highest BCUT2D eigenvalue weighted by Gasteiger charge is 2.16. The molecule has 6 nitrogen and oxygen atoms in total. The molecule has 2 rings (SSSR count). The molecule has 0 radical (unpaired) electrons. The second-order valence-corrected chi connectivity index (χ2v) is 4.83. The van der Waals surface area contributed by atoms with Crippen molar-refractivity contribution in [1.82, 2.24) is 10.2 Å². The van der Waals surface area contributed by atoms with Gasteiger partial charge in [0.2, 0.25) is 0 Å². The number of piperazine rings is 1. The van der Waals surface area contributed by atoms with Crippen LogP contribution in [0.15, 0.2) is 12.1 Å². The molecule has 20 heavy (non-hydrogen) atoms. The van der Waals surface area contributed by atoms with Crippen LogP contribution in [0.3, 0.4) is 0 Å². The molecule has 0 atom stereocenters. The van der Waals surface area contributed by atoms with Gasteiger partial charge in [0, 0.05) is 38.8 Å². The van der Waals surface area contributed by atoms with Gasteiger partial charge in [-0.1, -0.05) is 0 Å². The molecule has 6 heteroatoms. The number of aromatic hydroxyl groups is 1. The van der Waals surface area contributed by atoms with Crippen LogP contribution in [-0.4, -0.2) is 60.9 Å². The van der Waals surface area contributed by atoms with Crippen LogP contribution in [0.1, 0.15) is 15.9 Å². The van der Waals surface area contributed by atoms with E-state index in [1.54, 1.807) is 0 Å². The predicted molar refractivity (Wildman–Crippen MR) is 74.6 cm³/mol. The van der Waals surface area contributed by atoms with Gasteiger partial charge in [0.1, 0.15) is 17.1 Å². The number of rotatable bonds is 5. The first-order chi connectivity index (χ1) is 9.61. The Morgan fingerprint density at radius 3 is 2.70 bits per heavy atom.